The number of anilines is 1. The van der Waals surface area contributed by atoms with Gasteiger partial charge in [0.25, 0.3) is 5.91 Å². The van der Waals surface area contributed by atoms with E-state index in [0.717, 1.165) is 0 Å². The SMILES string of the molecule is COc1ccccc1NCC(=O)N/N=C/c1ccc(O)cc1O. The van der Waals surface area contributed by atoms with E-state index < -0.39 is 0 Å². The number of phenolic OH excluding ortho intramolecular Hbond substituents is 2. The summed E-state index contributed by atoms with van der Waals surface area (Å²) in [4.78, 5) is 11.7. The summed E-state index contributed by atoms with van der Waals surface area (Å²) >= 11 is 0. The molecule has 0 spiro atoms. The highest BCUT2D eigenvalue weighted by molar-refractivity contribution is 5.86. The molecule has 0 aliphatic rings. The molecule has 1 amide bonds. The molecule has 0 aromatic heterocycles. The normalized spacial score (nSPS) is 10.5. The van der Waals surface area contributed by atoms with Crippen molar-refractivity contribution < 1.29 is 19.7 Å². The van der Waals surface area contributed by atoms with Gasteiger partial charge >= 0.3 is 0 Å². The van der Waals surface area contributed by atoms with Crippen molar-refractivity contribution in [1.29, 1.82) is 0 Å². The van der Waals surface area contributed by atoms with Crippen LogP contribution in [0.15, 0.2) is 47.6 Å². The lowest BCUT2D eigenvalue weighted by Crippen LogP contribution is -2.26. The van der Waals surface area contributed by atoms with Gasteiger partial charge in [-0.1, -0.05) is 12.1 Å². The van der Waals surface area contributed by atoms with Gasteiger partial charge in [-0.25, -0.2) is 5.43 Å². The first-order valence-electron chi connectivity index (χ1n) is 6.81. The highest BCUT2D eigenvalue weighted by atomic mass is 16.5. The summed E-state index contributed by atoms with van der Waals surface area (Å²) in [6.45, 7) is 0.0132. The maximum Gasteiger partial charge on any atom is 0.259 e. The summed E-state index contributed by atoms with van der Waals surface area (Å²) in [5.41, 5.74) is 3.41. The molecular weight excluding hydrogens is 298 g/mol. The predicted octanol–water partition coefficient (Wildman–Crippen LogP) is 1.67. The van der Waals surface area contributed by atoms with E-state index in [4.69, 9.17) is 4.74 Å². The number of methoxy groups -OCH3 is 1. The minimum absolute atomic E-state index is 0.0132. The van der Waals surface area contributed by atoms with Crippen molar-refractivity contribution in [2.45, 2.75) is 0 Å². The van der Waals surface area contributed by atoms with Crippen LogP contribution in [0.4, 0.5) is 5.69 Å². The van der Waals surface area contributed by atoms with Gasteiger partial charge in [0.2, 0.25) is 0 Å². The van der Waals surface area contributed by atoms with Crippen LogP contribution < -0.4 is 15.5 Å². The minimum atomic E-state index is -0.356. The van der Waals surface area contributed by atoms with Crippen molar-refractivity contribution in [2.24, 2.45) is 5.10 Å². The Balaban J connectivity index is 1.86. The fourth-order valence-corrected chi connectivity index (χ4v) is 1.82. The molecule has 2 aromatic carbocycles. The number of nitrogens with zero attached hydrogens (tertiary/aromatic N) is 1. The summed E-state index contributed by atoms with van der Waals surface area (Å²) in [6, 6.07) is 11.3. The molecule has 7 heteroatoms. The Labute approximate surface area is 133 Å². The monoisotopic (exact) mass is 315 g/mol. The molecule has 2 rings (SSSR count). The van der Waals surface area contributed by atoms with Gasteiger partial charge in [-0.3, -0.25) is 4.79 Å². The molecule has 7 nitrogen and oxygen atoms in total. The molecule has 0 saturated heterocycles. The number of benzene rings is 2. The maximum absolute atomic E-state index is 11.7. The van der Waals surface area contributed by atoms with Gasteiger partial charge in [-0.15, -0.1) is 0 Å². The first kappa shape index (κ1) is 16.2. The zero-order chi connectivity index (χ0) is 16.7. The molecule has 0 aliphatic carbocycles. The minimum Gasteiger partial charge on any atom is -0.508 e. The summed E-state index contributed by atoms with van der Waals surface area (Å²) in [7, 11) is 1.55. The third kappa shape index (κ3) is 4.63. The van der Waals surface area contributed by atoms with Crippen LogP contribution in [-0.2, 0) is 4.79 Å². The number of phenols is 2. The van der Waals surface area contributed by atoms with E-state index in [1.807, 2.05) is 12.1 Å². The van der Waals surface area contributed by atoms with Crippen LogP contribution in [0.25, 0.3) is 0 Å². The van der Waals surface area contributed by atoms with Crippen LogP contribution in [0.5, 0.6) is 17.2 Å². The van der Waals surface area contributed by atoms with Crippen LogP contribution in [0.3, 0.4) is 0 Å². The molecule has 4 N–H and O–H groups in total. The van der Waals surface area contributed by atoms with Crippen LogP contribution >= 0.6 is 0 Å². The Morgan fingerprint density at radius 2 is 2.04 bits per heavy atom. The predicted molar refractivity (Wildman–Crippen MR) is 87.0 cm³/mol. The highest BCUT2D eigenvalue weighted by Crippen LogP contribution is 2.22. The first-order chi connectivity index (χ1) is 11.1. The lowest BCUT2D eigenvalue weighted by Gasteiger charge is -2.09. The zero-order valence-electron chi connectivity index (χ0n) is 12.5. The van der Waals surface area contributed by atoms with Gasteiger partial charge in [-0.2, -0.15) is 5.10 Å². The number of hydrazone groups is 1. The number of aromatic hydroxyl groups is 2. The van der Waals surface area contributed by atoms with E-state index in [0.29, 0.717) is 17.0 Å². The third-order valence-corrected chi connectivity index (χ3v) is 2.95. The van der Waals surface area contributed by atoms with Crippen molar-refractivity contribution in [3.05, 3.63) is 48.0 Å². The van der Waals surface area contributed by atoms with Gasteiger partial charge in [0, 0.05) is 11.6 Å². The van der Waals surface area contributed by atoms with E-state index in [1.54, 1.807) is 19.2 Å². The molecule has 0 radical (unpaired) electrons. The van der Waals surface area contributed by atoms with Crippen molar-refractivity contribution in [3.8, 4) is 17.2 Å². The molecule has 0 atom stereocenters. The van der Waals surface area contributed by atoms with Gasteiger partial charge in [0.05, 0.1) is 25.6 Å². The number of para-hydroxylation sites is 2. The van der Waals surface area contributed by atoms with Crippen molar-refractivity contribution in [3.63, 3.8) is 0 Å². The van der Waals surface area contributed by atoms with Crippen molar-refractivity contribution >= 4 is 17.8 Å². The molecule has 2 aromatic rings. The van der Waals surface area contributed by atoms with Crippen LogP contribution in [0.1, 0.15) is 5.56 Å². The molecular formula is C16H17N3O4. The largest absolute Gasteiger partial charge is 0.508 e. The van der Waals surface area contributed by atoms with Gasteiger partial charge in [0.15, 0.2) is 0 Å². The Morgan fingerprint density at radius 3 is 2.78 bits per heavy atom. The summed E-state index contributed by atoms with van der Waals surface area (Å²) < 4.78 is 5.17. The molecule has 0 fully saturated rings. The molecule has 0 unspecified atom stereocenters. The van der Waals surface area contributed by atoms with Crippen LogP contribution in [-0.4, -0.2) is 36.0 Å². The van der Waals surface area contributed by atoms with Gasteiger partial charge in [0.1, 0.15) is 17.2 Å². The van der Waals surface area contributed by atoms with Crippen molar-refractivity contribution in [1.82, 2.24) is 5.43 Å². The summed E-state index contributed by atoms with van der Waals surface area (Å²) in [5.74, 6) is 0.100. The smallest absolute Gasteiger partial charge is 0.259 e. The molecule has 0 saturated carbocycles. The number of amides is 1. The van der Waals surface area contributed by atoms with E-state index in [9.17, 15) is 15.0 Å². The molecule has 23 heavy (non-hydrogen) atoms. The number of hydrogen-bond donors (Lipinski definition) is 4. The standard InChI is InChI=1S/C16H17N3O4/c1-23-15-5-3-2-4-13(15)17-10-16(22)19-18-9-11-6-7-12(20)8-14(11)21/h2-9,17,20-21H,10H2,1H3,(H,19,22)/b18-9+. The van der Waals surface area contributed by atoms with Gasteiger partial charge in [-0.05, 0) is 24.3 Å². The van der Waals surface area contributed by atoms with E-state index in [2.05, 4.69) is 15.8 Å². The van der Waals surface area contributed by atoms with Crippen molar-refractivity contribution in [2.75, 3.05) is 19.0 Å². The molecule has 0 aliphatic heterocycles. The Kier molecular flexibility index (Phi) is 5.40. The Hall–Kier alpha value is -3.22. The Morgan fingerprint density at radius 1 is 1.26 bits per heavy atom. The molecule has 0 heterocycles. The van der Waals surface area contributed by atoms with Crippen LogP contribution in [0, 0.1) is 0 Å². The van der Waals surface area contributed by atoms with Crippen LogP contribution in [0.2, 0.25) is 0 Å². The number of carbonyl (C=O) groups is 1. The first-order valence-corrected chi connectivity index (χ1v) is 6.81. The second-order valence-corrected chi connectivity index (χ2v) is 4.59. The highest BCUT2D eigenvalue weighted by Gasteiger charge is 2.04. The number of carbonyl (C=O) groups excluding carboxylic acids is 1. The number of hydrogen-bond acceptors (Lipinski definition) is 6. The van der Waals surface area contributed by atoms with E-state index >= 15 is 0 Å². The maximum atomic E-state index is 11.7. The Bertz CT molecular complexity index is 716. The second kappa shape index (κ2) is 7.69. The lowest BCUT2D eigenvalue weighted by molar-refractivity contribution is -0.119. The van der Waals surface area contributed by atoms with E-state index in [1.165, 1.54) is 24.4 Å². The average Bonchev–Trinajstić information content (AvgIpc) is 2.55. The summed E-state index contributed by atoms with van der Waals surface area (Å²) in [5, 5.41) is 25.4. The lowest BCUT2D eigenvalue weighted by atomic mass is 10.2. The summed E-state index contributed by atoms with van der Waals surface area (Å²) in [6.07, 6.45) is 1.29. The number of nitrogens with one attached hydrogen (secondary N) is 2. The average molecular weight is 315 g/mol. The second-order valence-electron chi connectivity index (χ2n) is 4.59. The third-order valence-electron chi connectivity index (χ3n) is 2.95. The van der Waals surface area contributed by atoms with Gasteiger partial charge < -0.3 is 20.3 Å². The molecule has 0 bridgehead atoms. The fourth-order valence-electron chi connectivity index (χ4n) is 1.82. The quantitative estimate of drug-likeness (QED) is 0.479. The number of rotatable bonds is 6. The topological polar surface area (TPSA) is 103 Å². The zero-order valence-corrected chi connectivity index (χ0v) is 12.5. The number of ether oxygens (including phenoxy) is 1. The molecule has 120 valence electrons. The fraction of sp³-hybridized carbons (Fsp3) is 0.125. The van der Waals surface area contributed by atoms with E-state index in [-0.39, 0.29) is 24.0 Å².